The van der Waals surface area contributed by atoms with Crippen molar-refractivity contribution in [3.8, 4) is 11.1 Å². The maximum Gasteiger partial charge on any atom is 0.407 e. The third-order valence-corrected chi connectivity index (χ3v) is 7.23. The number of carboxylic acid groups (broad SMARTS) is 1. The molecule has 1 saturated heterocycles. The van der Waals surface area contributed by atoms with E-state index in [-0.39, 0.29) is 24.5 Å². The lowest BCUT2D eigenvalue weighted by Gasteiger charge is -2.39. The van der Waals surface area contributed by atoms with Crippen molar-refractivity contribution in [3.05, 3.63) is 59.7 Å². The second-order valence-electron chi connectivity index (χ2n) is 9.33. The average molecular weight is 481 g/mol. The predicted molar refractivity (Wildman–Crippen MR) is 130 cm³/mol. The van der Waals surface area contributed by atoms with Gasteiger partial charge in [-0.05, 0) is 48.9 Å². The molecule has 0 saturated carbocycles. The van der Waals surface area contributed by atoms with E-state index in [9.17, 15) is 19.5 Å². The Hall–Kier alpha value is -3.39. The summed E-state index contributed by atoms with van der Waals surface area (Å²) in [6.07, 6.45) is -0.528. The first-order valence-corrected chi connectivity index (χ1v) is 12.0. The van der Waals surface area contributed by atoms with E-state index in [0.29, 0.717) is 19.4 Å². The number of aliphatic carboxylic acids is 1. The van der Waals surface area contributed by atoms with E-state index in [2.05, 4.69) is 17.4 Å². The van der Waals surface area contributed by atoms with Crippen LogP contribution in [0.1, 0.15) is 43.7 Å². The van der Waals surface area contributed by atoms with Crippen LogP contribution in [0.15, 0.2) is 48.5 Å². The van der Waals surface area contributed by atoms with Crippen molar-refractivity contribution in [1.29, 1.82) is 0 Å². The zero-order chi connectivity index (χ0) is 25.1. The van der Waals surface area contributed by atoms with E-state index < -0.39 is 30.1 Å². The van der Waals surface area contributed by atoms with E-state index in [1.165, 1.54) is 7.11 Å². The normalized spacial score (nSPS) is 20.9. The van der Waals surface area contributed by atoms with Crippen molar-refractivity contribution in [1.82, 2.24) is 10.2 Å². The maximum absolute atomic E-state index is 13.3. The molecule has 4 atom stereocenters. The van der Waals surface area contributed by atoms with Crippen LogP contribution < -0.4 is 5.32 Å². The van der Waals surface area contributed by atoms with Crippen LogP contribution in [0.5, 0.6) is 0 Å². The Morgan fingerprint density at radius 2 is 1.69 bits per heavy atom. The molecular weight excluding hydrogens is 448 g/mol. The fraction of sp³-hybridized carbons (Fsp3) is 0.444. The van der Waals surface area contributed by atoms with Crippen LogP contribution in [0, 0.1) is 5.92 Å². The van der Waals surface area contributed by atoms with Gasteiger partial charge < -0.3 is 24.8 Å². The second-order valence-corrected chi connectivity index (χ2v) is 9.33. The molecule has 2 aliphatic rings. The Labute approximate surface area is 205 Å². The smallest absolute Gasteiger partial charge is 0.407 e. The Morgan fingerprint density at radius 3 is 2.23 bits per heavy atom. The number of likely N-dealkylation sites (tertiary alicyclic amines) is 1. The number of hydrogen-bond donors (Lipinski definition) is 2. The SMILES string of the molecule is COC(C)C(NC(=O)OCC1c2ccccc2-c2ccccc21)C(=O)N1CCC(C(=O)O)CC1C. The molecule has 8 nitrogen and oxygen atoms in total. The number of carboxylic acids is 1. The van der Waals surface area contributed by atoms with E-state index in [1.54, 1.807) is 11.8 Å². The third-order valence-electron chi connectivity index (χ3n) is 7.23. The lowest BCUT2D eigenvalue weighted by atomic mass is 9.91. The number of carbonyl (C=O) groups excluding carboxylic acids is 2. The minimum atomic E-state index is -0.945. The highest BCUT2D eigenvalue weighted by molar-refractivity contribution is 5.87. The molecule has 186 valence electrons. The highest BCUT2D eigenvalue weighted by Crippen LogP contribution is 2.44. The van der Waals surface area contributed by atoms with Crippen molar-refractivity contribution in [3.63, 3.8) is 0 Å². The molecule has 0 aromatic heterocycles. The topological polar surface area (TPSA) is 105 Å². The maximum atomic E-state index is 13.3. The first-order chi connectivity index (χ1) is 16.8. The van der Waals surface area contributed by atoms with Crippen LogP contribution in [0.25, 0.3) is 11.1 Å². The summed E-state index contributed by atoms with van der Waals surface area (Å²) >= 11 is 0. The van der Waals surface area contributed by atoms with Gasteiger partial charge in [0.05, 0.1) is 12.0 Å². The fourth-order valence-electron chi connectivity index (χ4n) is 5.19. The van der Waals surface area contributed by atoms with Gasteiger partial charge in [0.1, 0.15) is 12.6 Å². The summed E-state index contributed by atoms with van der Waals surface area (Å²) in [6, 6.07) is 15.0. The number of fused-ring (bicyclic) bond motifs is 3. The number of methoxy groups -OCH3 is 1. The minimum absolute atomic E-state index is 0.0859. The summed E-state index contributed by atoms with van der Waals surface area (Å²) in [5.41, 5.74) is 4.48. The largest absolute Gasteiger partial charge is 0.481 e. The van der Waals surface area contributed by atoms with Gasteiger partial charge in [0, 0.05) is 25.6 Å². The quantitative estimate of drug-likeness (QED) is 0.627. The number of hydrogen-bond acceptors (Lipinski definition) is 5. The van der Waals surface area contributed by atoms with Crippen LogP contribution in [0.3, 0.4) is 0 Å². The first-order valence-electron chi connectivity index (χ1n) is 12.0. The molecule has 1 aliphatic heterocycles. The molecule has 1 fully saturated rings. The summed E-state index contributed by atoms with van der Waals surface area (Å²) in [6.45, 7) is 3.99. The fourth-order valence-corrected chi connectivity index (χ4v) is 5.19. The summed E-state index contributed by atoms with van der Waals surface area (Å²) in [7, 11) is 1.48. The lowest BCUT2D eigenvalue weighted by Crippen LogP contribution is -2.58. The number of ether oxygens (including phenoxy) is 2. The van der Waals surface area contributed by atoms with Crippen molar-refractivity contribution in [2.45, 2.75) is 50.8 Å². The molecule has 0 spiro atoms. The van der Waals surface area contributed by atoms with Gasteiger partial charge in [-0.2, -0.15) is 0 Å². The Morgan fingerprint density at radius 1 is 1.09 bits per heavy atom. The van der Waals surface area contributed by atoms with Gasteiger partial charge in [0.25, 0.3) is 0 Å². The number of alkyl carbamates (subject to hydrolysis) is 1. The molecule has 2 N–H and O–H groups in total. The molecule has 2 aromatic carbocycles. The van der Waals surface area contributed by atoms with Gasteiger partial charge in [-0.15, -0.1) is 0 Å². The van der Waals surface area contributed by atoms with Gasteiger partial charge in [-0.1, -0.05) is 48.5 Å². The zero-order valence-electron chi connectivity index (χ0n) is 20.3. The lowest BCUT2D eigenvalue weighted by molar-refractivity contribution is -0.149. The highest BCUT2D eigenvalue weighted by Gasteiger charge is 2.38. The monoisotopic (exact) mass is 480 g/mol. The summed E-state index contributed by atoms with van der Waals surface area (Å²) in [5.74, 6) is -1.70. The van der Waals surface area contributed by atoms with Crippen molar-refractivity contribution in [2.75, 3.05) is 20.3 Å². The molecule has 1 heterocycles. The van der Waals surface area contributed by atoms with Gasteiger partial charge in [-0.25, -0.2) is 4.79 Å². The predicted octanol–water partition coefficient (Wildman–Crippen LogP) is 3.64. The Balaban J connectivity index is 1.43. The van der Waals surface area contributed by atoms with Crippen molar-refractivity contribution in [2.24, 2.45) is 5.92 Å². The van der Waals surface area contributed by atoms with Crippen LogP contribution in [-0.2, 0) is 19.1 Å². The molecule has 1 aliphatic carbocycles. The molecule has 0 radical (unpaired) electrons. The molecule has 0 bridgehead atoms. The number of rotatable bonds is 7. The number of amides is 2. The van der Waals surface area contributed by atoms with E-state index >= 15 is 0 Å². The van der Waals surface area contributed by atoms with Crippen molar-refractivity contribution < 1.29 is 29.0 Å². The summed E-state index contributed by atoms with van der Waals surface area (Å²) < 4.78 is 11.0. The minimum Gasteiger partial charge on any atom is -0.481 e. The number of carbonyl (C=O) groups is 3. The molecule has 4 rings (SSSR count). The van der Waals surface area contributed by atoms with E-state index in [4.69, 9.17) is 9.47 Å². The van der Waals surface area contributed by atoms with Gasteiger partial charge in [0.15, 0.2) is 0 Å². The number of nitrogens with zero attached hydrogens (tertiary/aromatic N) is 1. The first kappa shape index (κ1) is 24.7. The van der Waals surface area contributed by atoms with Gasteiger partial charge in [-0.3, -0.25) is 9.59 Å². The standard InChI is InChI=1S/C27H32N2O6/c1-16-14-18(26(31)32)12-13-29(16)25(30)24(17(2)34-3)28-27(33)35-15-23-21-10-6-4-8-19(21)20-9-5-7-11-22(20)23/h4-11,16-18,23-24H,12-15H2,1-3H3,(H,28,33)(H,31,32). The average Bonchev–Trinajstić information content (AvgIpc) is 3.18. The van der Waals surface area contributed by atoms with Crippen LogP contribution in [0.4, 0.5) is 4.79 Å². The van der Waals surface area contributed by atoms with Gasteiger partial charge >= 0.3 is 12.1 Å². The second kappa shape index (κ2) is 10.5. The zero-order valence-corrected chi connectivity index (χ0v) is 20.3. The summed E-state index contributed by atoms with van der Waals surface area (Å²) in [5, 5.41) is 12.0. The van der Waals surface area contributed by atoms with E-state index in [1.807, 2.05) is 43.3 Å². The summed E-state index contributed by atoms with van der Waals surface area (Å²) in [4.78, 5) is 39.1. The van der Waals surface area contributed by atoms with Crippen LogP contribution in [0.2, 0.25) is 0 Å². The van der Waals surface area contributed by atoms with Crippen LogP contribution in [-0.4, -0.2) is 66.4 Å². The van der Waals surface area contributed by atoms with E-state index in [0.717, 1.165) is 22.3 Å². The number of benzene rings is 2. The molecule has 8 heteroatoms. The third kappa shape index (κ3) is 5.03. The van der Waals surface area contributed by atoms with Crippen molar-refractivity contribution >= 4 is 18.0 Å². The molecule has 2 amide bonds. The highest BCUT2D eigenvalue weighted by atomic mass is 16.5. The molecule has 2 aromatic rings. The van der Waals surface area contributed by atoms with Crippen LogP contribution >= 0.6 is 0 Å². The molecule has 35 heavy (non-hydrogen) atoms. The Kier molecular flexibility index (Phi) is 7.40. The van der Waals surface area contributed by atoms with Gasteiger partial charge in [0.2, 0.25) is 5.91 Å². The number of nitrogens with one attached hydrogen (secondary N) is 1. The Bertz CT molecular complexity index is 1060. The molecular formula is C27H32N2O6. The number of piperidine rings is 1. The molecule has 4 unspecified atom stereocenters.